The summed E-state index contributed by atoms with van der Waals surface area (Å²) in [5, 5.41) is 0. The van der Waals surface area contributed by atoms with Gasteiger partial charge in [0, 0.05) is 24.1 Å². The normalized spacial score (nSPS) is 13.4. The molecule has 0 saturated heterocycles. The minimum atomic E-state index is -2.40. The monoisotopic (exact) mass is 505 g/mol. The fourth-order valence-corrected chi connectivity index (χ4v) is 2.89. The van der Waals surface area contributed by atoms with Gasteiger partial charge in [-0.05, 0) is 37.7 Å². The summed E-state index contributed by atoms with van der Waals surface area (Å²) < 4.78 is 29.5. The van der Waals surface area contributed by atoms with Crippen molar-refractivity contribution >= 4 is 24.1 Å². The van der Waals surface area contributed by atoms with Gasteiger partial charge in [0.25, 0.3) is 0 Å². The van der Waals surface area contributed by atoms with Crippen molar-refractivity contribution in [1.29, 1.82) is 0 Å². The molecule has 3 unspecified atom stereocenters. The largest absolute Gasteiger partial charge is 3.00 e. The molecule has 10 heteroatoms. The van der Waals surface area contributed by atoms with Gasteiger partial charge in [0.05, 0.1) is 0 Å². The summed E-state index contributed by atoms with van der Waals surface area (Å²) in [6.07, 6.45) is 6.54. The van der Waals surface area contributed by atoms with Crippen molar-refractivity contribution in [3.63, 3.8) is 0 Å². The maximum atomic E-state index is 9.83. The molecule has 0 bridgehead atoms. The van der Waals surface area contributed by atoms with E-state index >= 15 is 0 Å². The quantitative estimate of drug-likeness (QED) is 0.440. The second-order valence-electron chi connectivity index (χ2n) is 4.43. The molecule has 0 amide bonds. The number of rotatable bonds is 9. The average Bonchev–Trinajstić information content (AvgIpc) is 2.41. The van der Waals surface area contributed by atoms with Crippen LogP contribution in [0.1, 0.15) is 59.3 Å². The Balaban J connectivity index is -0.000000108. The molecule has 0 aliphatic carbocycles. The Kier molecular flexibility index (Phi) is 40.0. The number of unbranched alkanes of at least 4 members (excludes halogenated alkanes) is 3. The molecule has 0 spiro atoms. The predicted octanol–water partition coefficient (Wildman–Crippen LogP) is 1.86. The van der Waals surface area contributed by atoms with Gasteiger partial charge >= 0.3 is 40.8 Å². The maximum Gasteiger partial charge on any atom is 3.00 e. The van der Waals surface area contributed by atoms with Crippen LogP contribution in [0.4, 0.5) is 0 Å². The Bertz CT molecular complexity index is 237. The molecule has 3 atom stereocenters. The molecule has 0 N–H and O–H groups in total. The van der Waals surface area contributed by atoms with E-state index in [1.807, 2.05) is 20.8 Å². The van der Waals surface area contributed by atoms with Gasteiger partial charge in [0.1, 0.15) is 0 Å². The van der Waals surface area contributed by atoms with E-state index in [1.165, 1.54) is 0 Å². The molecule has 6 nitrogen and oxygen atoms in total. The Hall–Kier alpha value is 1.92. The van der Waals surface area contributed by atoms with Crippen LogP contribution in [0.3, 0.4) is 0 Å². The van der Waals surface area contributed by atoms with Crippen LogP contribution in [-0.2, 0) is 13.7 Å². The van der Waals surface area contributed by atoms with Crippen molar-refractivity contribution in [1.82, 2.24) is 0 Å². The Labute approximate surface area is 170 Å². The zero-order valence-corrected chi connectivity index (χ0v) is 20.0. The minimum absolute atomic E-state index is 0. The summed E-state index contributed by atoms with van der Waals surface area (Å²) in [4.78, 5) is 29.5. The van der Waals surface area contributed by atoms with E-state index in [-0.39, 0.29) is 40.8 Å². The Morgan fingerprint density at radius 2 is 0.773 bits per heavy atom. The van der Waals surface area contributed by atoms with Gasteiger partial charge in [-0.15, -0.1) is 0 Å². The van der Waals surface area contributed by atoms with Crippen LogP contribution >= 0.6 is 24.1 Å². The van der Waals surface area contributed by atoms with Gasteiger partial charge in [-0.1, -0.05) is 40.0 Å². The molecule has 0 aromatic heterocycles. The van der Waals surface area contributed by atoms with Crippen LogP contribution in [0.2, 0.25) is 0 Å². The fourth-order valence-electron chi connectivity index (χ4n) is 0.963. The molecule has 133 valence electrons. The molecule has 22 heavy (non-hydrogen) atoms. The summed E-state index contributed by atoms with van der Waals surface area (Å²) in [5.41, 5.74) is 0. The SMILES string of the molecule is CCCC[PH](=O)[O-].CCCC[PH](=O)[O-].CCCC[PH](=O)[O-].[Nd+3]. The summed E-state index contributed by atoms with van der Waals surface area (Å²) >= 11 is 0. The van der Waals surface area contributed by atoms with Crippen LogP contribution in [0.25, 0.3) is 0 Å². The van der Waals surface area contributed by atoms with Gasteiger partial charge in [-0.2, -0.15) is 0 Å². The molecule has 1 radical (unpaired) electrons. The van der Waals surface area contributed by atoms with E-state index in [2.05, 4.69) is 0 Å². The molecular weight excluding hydrogens is 477 g/mol. The third-order valence-corrected chi connectivity index (χ3v) is 4.49. The van der Waals surface area contributed by atoms with Crippen molar-refractivity contribution in [2.24, 2.45) is 0 Å². The standard InChI is InChI=1S/3C4H11O2P.Nd/c3*1-2-3-4-7(5)6;/h3*7H,2-4H2,1H3,(H,5,6);/q;;;+3/p-3. The van der Waals surface area contributed by atoms with Crippen molar-refractivity contribution in [2.45, 2.75) is 59.3 Å². The topological polar surface area (TPSA) is 120 Å². The third kappa shape index (κ3) is 49.5. The van der Waals surface area contributed by atoms with Crippen molar-refractivity contribution < 1.29 is 69.2 Å². The molecule has 0 aromatic carbocycles. The Morgan fingerprint density at radius 3 is 0.818 bits per heavy atom. The van der Waals surface area contributed by atoms with Crippen LogP contribution in [0, 0.1) is 40.8 Å². The Morgan fingerprint density at radius 1 is 0.591 bits per heavy atom. The smallest absolute Gasteiger partial charge is 0.802 e. The first-order valence-corrected chi connectivity index (χ1v) is 12.0. The van der Waals surface area contributed by atoms with Crippen LogP contribution in [-0.4, -0.2) is 18.5 Å². The zero-order valence-electron chi connectivity index (χ0n) is 13.8. The van der Waals surface area contributed by atoms with Crippen LogP contribution in [0.5, 0.6) is 0 Å². The van der Waals surface area contributed by atoms with Gasteiger partial charge in [-0.3, -0.25) is 0 Å². The fraction of sp³-hybridized carbons (Fsp3) is 1.00. The first kappa shape index (κ1) is 31.7. The third-order valence-electron chi connectivity index (χ3n) is 2.20. The first-order chi connectivity index (χ1) is 9.81. The summed E-state index contributed by atoms with van der Waals surface area (Å²) in [6, 6.07) is 0. The van der Waals surface area contributed by atoms with Gasteiger partial charge in [0.2, 0.25) is 0 Å². The van der Waals surface area contributed by atoms with E-state index in [1.54, 1.807) is 0 Å². The maximum absolute atomic E-state index is 9.83. The number of hydrogen-bond acceptors (Lipinski definition) is 6. The molecule has 0 rings (SSSR count). The number of hydrogen-bond donors (Lipinski definition) is 0. The van der Waals surface area contributed by atoms with Crippen molar-refractivity contribution in [3.05, 3.63) is 0 Å². The van der Waals surface area contributed by atoms with E-state index in [0.29, 0.717) is 18.5 Å². The second-order valence-corrected chi connectivity index (χ2v) is 8.16. The minimum Gasteiger partial charge on any atom is -0.802 e. The van der Waals surface area contributed by atoms with E-state index < -0.39 is 24.1 Å². The molecule has 0 aliphatic heterocycles. The van der Waals surface area contributed by atoms with Gasteiger partial charge in [-0.25, -0.2) is 0 Å². The zero-order chi connectivity index (χ0) is 17.1. The van der Waals surface area contributed by atoms with E-state index in [9.17, 15) is 28.4 Å². The van der Waals surface area contributed by atoms with E-state index in [0.717, 1.165) is 38.5 Å². The summed E-state index contributed by atoms with van der Waals surface area (Å²) in [5.74, 6) is 0. The van der Waals surface area contributed by atoms with Gasteiger partial charge in [0.15, 0.2) is 0 Å². The van der Waals surface area contributed by atoms with E-state index in [4.69, 9.17) is 0 Å². The first-order valence-electron chi connectivity index (χ1n) is 7.41. The summed E-state index contributed by atoms with van der Waals surface area (Å²) in [6.45, 7) is 5.93. The predicted molar refractivity (Wildman–Crippen MR) is 86.3 cm³/mol. The van der Waals surface area contributed by atoms with Gasteiger partial charge < -0.3 is 28.4 Å². The van der Waals surface area contributed by atoms with Crippen molar-refractivity contribution in [2.75, 3.05) is 18.5 Å². The molecule has 0 fully saturated rings. The van der Waals surface area contributed by atoms with Crippen LogP contribution in [0.15, 0.2) is 0 Å². The molecule has 0 saturated carbocycles. The van der Waals surface area contributed by atoms with Crippen LogP contribution < -0.4 is 14.7 Å². The van der Waals surface area contributed by atoms with Crippen molar-refractivity contribution in [3.8, 4) is 0 Å². The summed E-state index contributed by atoms with van der Waals surface area (Å²) in [7, 11) is -7.19. The average molecular weight is 508 g/mol. The molecule has 0 heterocycles. The molecular formula is C12H30NdO6P3. The molecule has 0 aliphatic rings. The molecule has 0 aromatic rings. The second kappa shape index (κ2) is 27.8.